The number of hydrogen-bond donors (Lipinski definition) is 6. The summed E-state index contributed by atoms with van der Waals surface area (Å²) in [4.78, 5) is 40.6. The molecule has 0 saturated carbocycles. The normalized spacial score (nSPS) is 27.1. The van der Waals surface area contributed by atoms with E-state index < -0.39 is 43.7 Å². The lowest BCUT2D eigenvalue weighted by molar-refractivity contribution is -0.0451. The maximum absolute atomic E-state index is 13.4. The zero-order valence-electron chi connectivity index (χ0n) is 22.1. The van der Waals surface area contributed by atoms with Gasteiger partial charge in [0.2, 0.25) is 5.95 Å². The maximum Gasteiger partial charge on any atom is 0.386 e. The fourth-order valence-corrected chi connectivity index (χ4v) is 7.16. The summed E-state index contributed by atoms with van der Waals surface area (Å²) in [5.41, 5.74) is 11.8. The average molecular weight is 676 g/mol. The van der Waals surface area contributed by atoms with Crippen molar-refractivity contribution in [3.8, 4) is 0 Å². The van der Waals surface area contributed by atoms with Crippen molar-refractivity contribution in [1.82, 2.24) is 34.1 Å². The van der Waals surface area contributed by atoms with Crippen LogP contribution in [0.5, 0.6) is 0 Å². The lowest BCUT2D eigenvalue weighted by Gasteiger charge is -2.24. The highest BCUT2D eigenvalue weighted by molar-refractivity contribution is 8.44. The Morgan fingerprint density at radius 1 is 1.07 bits per heavy atom. The number of fused-ring (bicyclic) bond motifs is 2. The van der Waals surface area contributed by atoms with Gasteiger partial charge in [-0.25, -0.2) is 24.1 Å². The number of aromatic nitrogens is 7. The molecule has 6 heterocycles. The van der Waals surface area contributed by atoms with Crippen LogP contribution < -0.4 is 17.0 Å². The van der Waals surface area contributed by atoms with Crippen molar-refractivity contribution in [3.05, 3.63) is 35.3 Å². The third-order valence-electron chi connectivity index (χ3n) is 6.93. The van der Waals surface area contributed by atoms with Crippen LogP contribution in [0, 0.1) is 0 Å². The number of thiol groups is 2. The molecule has 232 valence electrons. The van der Waals surface area contributed by atoms with E-state index in [0.717, 1.165) is 0 Å². The van der Waals surface area contributed by atoms with Crippen LogP contribution in [0.25, 0.3) is 22.2 Å². The van der Waals surface area contributed by atoms with Gasteiger partial charge in [0.25, 0.3) is 5.56 Å². The Bertz CT molecular complexity index is 1810. The van der Waals surface area contributed by atoms with Crippen LogP contribution in [0.15, 0.2) is 29.7 Å². The monoisotopic (exact) mass is 675 g/mol. The summed E-state index contributed by atoms with van der Waals surface area (Å²) in [6, 6.07) is 1.81. The first-order valence-electron chi connectivity index (χ1n) is 12.8. The minimum atomic E-state index is -4.12. The zero-order valence-corrected chi connectivity index (χ0v) is 25.6. The first kappa shape index (κ1) is 30.5. The number of nitrogens with one attached hydrogen (secondary N) is 1. The predicted molar refractivity (Wildman–Crippen MR) is 158 cm³/mol. The second-order valence-electron chi connectivity index (χ2n) is 9.86. The van der Waals surface area contributed by atoms with Crippen molar-refractivity contribution in [1.29, 1.82) is 0 Å². The van der Waals surface area contributed by atoms with Gasteiger partial charge in [-0.2, -0.15) is 4.98 Å². The fraction of sp³-hybridized carbons (Fsp3) is 0.476. The molecular weight excluding hydrogens is 648 g/mol. The Hall–Kier alpha value is -2.51. The minimum absolute atomic E-state index is 0.0191. The molecule has 2 saturated heterocycles. The van der Waals surface area contributed by atoms with Crippen molar-refractivity contribution in [2.75, 3.05) is 24.7 Å². The van der Waals surface area contributed by atoms with Gasteiger partial charge in [0.05, 0.1) is 37.1 Å². The number of hydrogen-bond acceptors (Lipinski definition) is 14. The van der Waals surface area contributed by atoms with E-state index in [0.29, 0.717) is 29.7 Å². The van der Waals surface area contributed by atoms with Crippen LogP contribution in [0.2, 0.25) is 0 Å². The average Bonchev–Trinajstić information content (AvgIpc) is 3.71. The number of H-pyrrole nitrogens is 1. The topological polar surface area (TPSA) is 247 Å². The van der Waals surface area contributed by atoms with Gasteiger partial charge in [0.15, 0.2) is 17.4 Å². The number of rotatable bonds is 10. The maximum atomic E-state index is 13.4. The Kier molecular flexibility index (Phi) is 8.36. The first-order chi connectivity index (χ1) is 20.4. The van der Waals surface area contributed by atoms with Gasteiger partial charge in [-0.15, -0.1) is 0 Å². The lowest BCUT2D eigenvalue weighted by atomic mass is 10.2. The Labute approximate surface area is 252 Å². The van der Waals surface area contributed by atoms with Crippen LogP contribution in [0.1, 0.15) is 31.7 Å². The summed E-state index contributed by atoms with van der Waals surface area (Å²) in [6.45, 7) is -8.58. The molecule has 0 aliphatic carbocycles. The fourth-order valence-electron chi connectivity index (χ4n) is 5.09. The standard InChI is InChI=1S/C21H27N9O9P2S2/c22-16-12-3-4-29(17(12)25-8-24-16)14-2-1-10(37-14)6-36-41(34,43)39-13-5-11(7-35-40(32,33)42)38-20(13)30-9-26-15-18(30)27-21(23)28-19(15)31/h3-4,8-11,13-14,20H,1-2,5-7H2,(H,34,43)(H2,22,24,25)(H2,32,33,42)(H3,23,27,28,31)/t10-,11?,13+,14+,20+,41?/m0/s1. The van der Waals surface area contributed by atoms with Gasteiger partial charge in [-0.05, 0) is 18.9 Å². The van der Waals surface area contributed by atoms with Gasteiger partial charge in [-0.3, -0.25) is 27.9 Å². The van der Waals surface area contributed by atoms with Crippen LogP contribution in [-0.4, -0.2) is 70.5 Å². The molecule has 43 heavy (non-hydrogen) atoms. The molecule has 4 aromatic rings. The first-order valence-corrected chi connectivity index (χ1v) is 18.3. The minimum Gasteiger partial charge on any atom is -0.383 e. The van der Waals surface area contributed by atoms with E-state index in [1.54, 1.807) is 0 Å². The molecule has 0 aromatic carbocycles. The molecule has 2 aliphatic heterocycles. The number of nitrogen functional groups attached to an aromatic ring is 2. The predicted octanol–water partition coefficient (Wildman–Crippen LogP) is 2.18. The smallest absolute Gasteiger partial charge is 0.383 e. The second-order valence-corrected chi connectivity index (χ2v) is 15.5. The van der Waals surface area contributed by atoms with E-state index in [-0.39, 0.29) is 43.0 Å². The summed E-state index contributed by atoms with van der Waals surface area (Å²) in [6.07, 6.45) is 2.13. The van der Waals surface area contributed by atoms with Crippen molar-refractivity contribution < 1.29 is 37.1 Å². The van der Waals surface area contributed by atoms with Gasteiger partial charge in [-0.1, -0.05) is 24.5 Å². The SMILES string of the molecule is Nc1nc2c(ncn2[C@@H]2OC(COP(=O)(O)S)C[C@H]2OP(=O)(S)OC[C@@H]2CC[C@H](n3ccc4c(N)ncnc43)O2)c(=O)[nH]1. The summed E-state index contributed by atoms with van der Waals surface area (Å²) in [5, 5.41) is 0.709. The summed E-state index contributed by atoms with van der Waals surface area (Å²) in [5.74, 6) is 0.205. The molecule has 0 spiro atoms. The molecule has 22 heteroatoms. The van der Waals surface area contributed by atoms with Crippen LogP contribution in [0.4, 0.5) is 11.8 Å². The molecule has 7 atom stereocenters. The number of aromatic amines is 1. The van der Waals surface area contributed by atoms with Crippen molar-refractivity contribution >= 4 is 72.1 Å². The van der Waals surface area contributed by atoms with E-state index in [2.05, 4.69) is 49.4 Å². The Balaban J connectivity index is 1.14. The van der Waals surface area contributed by atoms with Crippen molar-refractivity contribution in [2.45, 2.75) is 50.0 Å². The number of anilines is 2. The lowest BCUT2D eigenvalue weighted by Crippen LogP contribution is -2.23. The third kappa shape index (κ3) is 6.63. The molecule has 18 nitrogen and oxygen atoms in total. The molecular formula is C21H27N9O9P2S2. The van der Waals surface area contributed by atoms with Crippen LogP contribution in [0.3, 0.4) is 0 Å². The quantitative estimate of drug-likeness (QED) is 0.104. The summed E-state index contributed by atoms with van der Waals surface area (Å²) >= 11 is 7.68. The van der Waals surface area contributed by atoms with E-state index >= 15 is 0 Å². The van der Waals surface area contributed by atoms with Gasteiger partial charge in [0.1, 0.15) is 30.1 Å². The van der Waals surface area contributed by atoms with Crippen molar-refractivity contribution in [2.24, 2.45) is 0 Å². The molecule has 4 aromatic heterocycles. The number of ether oxygens (including phenoxy) is 2. The highest BCUT2D eigenvalue weighted by Gasteiger charge is 2.43. The van der Waals surface area contributed by atoms with Crippen LogP contribution >= 0.6 is 38.1 Å². The van der Waals surface area contributed by atoms with E-state index in [1.165, 1.54) is 17.2 Å². The van der Waals surface area contributed by atoms with E-state index in [9.17, 15) is 18.8 Å². The Morgan fingerprint density at radius 2 is 1.86 bits per heavy atom. The number of nitrogens with two attached hydrogens (primary N) is 2. The van der Waals surface area contributed by atoms with Gasteiger partial charge >= 0.3 is 13.6 Å². The van der Waals surface area contributed by atoms with Gasteiger partial charge < -0.3 is 30.4 Å². The van der Waals surface area contributed by atoms with Crippen LogP contribution in [-0.2, 0) is 32.2 Å². The van der Waals surface area contributed by atoms with E-state index in [4.69, 9.17) is 34.5 Å². The highest BCUT2D eigenvalue weighted by Crippen LogP contribution is 2.57. The molecule has 0 amide bonds. The third-order valence-corrected chi connectivity index (χ3v) is 9.40. The largest absolute Gasteiger partial charge is 0.386 e. The van der Waals surface area contributed by atoms with Gasteiger partial charge in [0, 0.05) is 12.6 Å². The highest BCUT2D eigenvalue weighted by atomic mass is 32.7. The number of nitrogens with zero attached hydrogens (tertiary/aromatic N) is 6. The van der Waals surface area contributed by atoms with Crippen molar-refractivity contribution in [3.63, 3.8) is 0 Å². The molecule has 3 unspecified atom stereocenters. The van der Waals surface area contributed by atoms with E-state index in [1.807, 2.05) is 16.8 Å². The summed E-state index contributed by atoms with van der Waals surface area (Å²) < 4.78 is 56.6. The number of imidazole rings is 1. The molecule has 6 rings (SSSR count). The zero-order chi connectivity index (χ0) is 30.5. The summed E-state index contributed by atoms with van der Waals surface area (Å²) in [7, 11) is 0. The molecule has 0 bridgehead atoms. The second kappa shape index (κ2) is 11.8. The molecule has 2 aliphatic rings. The molecule has 2 fully saturated rings. The molecule has 0 radical (unpaired) electrons. The Morgan fingerprint density at radius 3 is 2.65 bits per heavy atom. The molecule has 6 N–H and O–H groups in total.